The van der Waals surface area contributed by atoms with Crippen molar-refractivity contribution < 1.29 is 19.0 Å². The first kappa shape index (κ1) is 17.2. The maximum absolute atomic E-state index is 13.4. The molecule has 0 radical (unpaired) electrons. The van der Waals surface area contributed by atoms with E-state index in [-0.39, 0.29) is 18.0 Å². The maximum Gasteiger partial charge on any atom is 0.410 e. The second-order valence-corrected chi connectivity index (χ2v) is 8.31. The summed E-state index contributed by atoms with van der Waals surface area (Å²) < 4.78 is 19.8. The van der Waals surface area contributed by atoms with Crippen molar-refractivity contribution in [1.82, 2.24) is 4.90 Å². The predicted octanol–water partition coefficient (Wildman–Crippen LogP) is 4.47. The van der Waals surface area contributed by atoms with Crippen molar-refractivity contribution in [3.63, 3.8) is 0 Å². The van der Waals surface area contributed by atoms with Crippen LogP contribution in [0.2, 0.25) is 0 Å². The zero-order chi connectivity index (χ0) is 17.5. The van der Waals surface area contributed by atoms with Gasteiger partial charge in [-0.1, -0.05) is 6.07 Å². The quantitative estimate of drug-likeness (QED) is 0.824. The molecule has 1 saturated heterocycles. The zero-order valence-corrected chi connectivity index (χ0v) is 14.9. The SMILES string of the molecule is CC(C)(C)OC(=O)N1CCC(O)CC1c1cc2ccc(F)cc2s1. The highest BCUT2D eigenvalue weighted by molar-refractivity contribution is 7.19. The second-order valence-electron chi connectivity index (χ2n) is 7.20. The van der Waals surface area contributed by atoms with Crippen molar-refractivity contribution in [2.75, 3.05) is 6.54 Å². The molecule has 0 aliphatic carbocycles. The highest BCUT2D eigenvalue weighted by atomic mass is 32.1. The van der Waals surface area contributed by atoms with Crippen LogP contribution >= 0.6 is 11.3 Å². The fourth-order valence-electron chi connectivity index (χ4n) is 2.95. The number of thiophene rings is 1. The van der Waals surface area contributed by atoms with Crippen LogP contribution in [-0.2, 0) is 4.74 Å². The lowest BCUT2D eigenvalue weighted by Gasteiger charge is -2.38. The molecule has 130 valence electrons. The monoisotopic (exact) mass is 351 g/mol. The normalized spacial score (nSPS) is 22.0. The number of halogens is 1. The van der Waals surface area contributed by atoms with Crippen molar-refractivity contribution >= 4 is 27.5 Å². The first-order valence-electron chi connectivity index (χ1n) is 8.09. The lowest BCUT2D eigenvalue weighted by atomic mass is 9.98. The number of carbonyl (C=O) groups is 1. The number of piperidine rings is 1. The molecule has 6 heteroatoms. The molecule has 1 fully saturated rings. The van der Waals surface area contributed by atoms with Gasteiger partial charge in [-0.15, -0.1) is 11.3 Å². The number of amides is 1. The number of carbonyl (C=O) groups excluding carboxylic acids is 1. The van der Waals surface area contributed by atoms with E-state index in [0.29, 0.717) is 19.4 Å². The van der Waals surface area contributed by atoms with Crippen LogP contribution in [0.1, 0.15) is 44.5 Å². The number of hydrogen-bond donors (Lipinski definition) is 1. The van der Waals surface area contributed by atoms with Crippen LogP contribution < -0.4 is 0 Å². The summed E-state index contributed by atoms with van der Waals surface area (Å²) in [5.74, 6) is -0.274. The molecule has 2 aromatic rings. The molecule has 0 saturated carbocycles. The summed E-state index contributed by atoms with van der Waals surface area (Å²) in [5.41, 5.74) is -0.568. The predicted molar refractivity (Wildman–Crippen MR) is 92.7 cm³/mol. The number of aliphatic hydroxyl groups is 1. The Morgan fingerprint density at radius 3 is 2.83 bits per heavy atom. The Labute approximate surface area is 144 Å². The highest BCUT2D eigenvalue weighted by Crippen LogP contribution is 2.38. The summed E-state index contributed by atoms with van der Waals surface area (Å²) in [5, 5.41) is 11.0. The molecule has 1 aromatic heterocycles. The maximum atomic E-state index is 13.4. The van der Waals surface area contributed by atoms with Gasteiger partial charge < -0.3 is 14.7 Å². The van der Waals surface area contributed by atoms with Crippen LogP contribution in [0.5, 0.6) is 0 Å². The van der Waals surface area contributed by atoms with Crippen LogP contribution in [0, 0.1) is 5.82 Å². The summed E-state index contributed by atoms with van der Waals surface area (Å²) in [4.78, 5) is 15.2. The van der Waals surface area contributed by atoms with Gasteiger partial charge in [-0.25, -0.2) is 9.18 Å². The second kappa shape index (κ2) is 6.33. The Kier molecular flexibility index (Phi) is 4.53. The highest BCUT2D eigenvalue weighted by Gasteiger charge is 2.35. The van der Waals surface area contributed by atoms with Crippen molar-refractivity contribution in [2.45, 2.75) is 51.4 Å². The van der Waals surface area contributed by atoms with E-state index >= 15 is 0 Å². The largest absolute Gasteiger partial charge is 0.444 e. The van der Waals surface area contributed by atoms with E-state index in [0.717, 1.165) is 15.0 Å². The lowest BCUT2D eigenvalue weighted by molar-refractivity contribution is -0.00779. The van der Waals surface area contributed by atoms with Gasteiger partial charge in [0.1, 0.15) is 11.4 Å². The molecule has 1 N–H and O–H groups in total. The fourth-order valence-corrected chi connectivity index (χ4v) is 4.16. The summed E-state index contributed by atoms with van der Waals surface area (Å²) in [7, 11) is 0. The summed E-state index contributed by atoms with van der Waals surface area (Å²) >= 11 is 1.46. The van der Waals surface area contributed by atoms with Crippen molar-refractivity contribution in [3.8, 4) is 0 Å². The minimum atomic E-state index is -0.568. The Hall–Kier alpha value is -1.66. The third-order valence-corrected chi connectivity index (χ3v) is 5.23. The molecule has 0 bridgehead atoms. The van der Waals surface area contributed by atoms with Crippen molar-refractivity contribution in [2.24, 2.45) is 0 Å². The number of likely N-dealkylation sites (tertiary alicyclic amines) is 1. The molecule has 1 aliphatic rings. The average molecular weight is 351 g/mol. The molecule has 1 amide bonds. The first-order valence-corrected chi connectivity index (χ1v) is 8.91. The van der Waals surface area contributed by atoms with Gasteiger partial charge >= 0.3 is 6.09 Å². The van der Waals surface area contributed by atoms with Gasteiger partial charge in [0, 0.05) is 16.1 Å². The number of aliphatic hydroxyl groups excluding tert-OH is 1. The minimum absolute atomic E-state index is 0.246. The first-order chi connectivity index (χ1) is 11.2. The van der Waals surface area contributed by atoms with Crippen LogP contribution in [0.15, 0.2) is 24.3 Å². The number of nitrogens with zero attached hydrogens (tertiary/aromatic N) is 1. The van der Waals surface area contributed by atoms with Gasteiger partial charge in [-0.2, -0.15) is 0 Å². The van der Waals surface area contributed by atoms with Gasteiger partial charge in [0.15, 0.2) is 0 Å². The van der Waals surface area contributed by atoms with E-state index in [1.165, 1.54) is 23.5 Å². The van der Waals surface area contributed by atoms with Gasteiger partial charge in [0.05, 0.1) is 12.1 Å². The van der Waals surface area contributed by atoms with E-state index in [1.807, 2.05) is 26.8 Å². The molecule has 2 unspecified atom stereocenters. The molecule has 4 nitrogen and oxygen atoms in total. The van der Waals surface area contributed by atoms with Gasteiger partial charge in [0.25, 0.3) is 0 Å². The molecular weight excluding hydrogens is 329 g/mol. The summed E-state index contributed by atoms with van der Waals surface area (Å²) in [6.07, 6.45) is 0.183. The van der Waals surface area contributed by atoms with E-state index in [1.54, 1.807) is 11.0 Å². The third-order valence-electron chi connectivity index (χ3n) is 4.03. The number of hydrogen-bond acceptors (Lipinski definition) is 4. The van der Waals surface area contributed by atoms with Gasteiger partial charge in [-0.3, -0.25) is 0 Å². The number of fused-ring (bicyclic) bond motifs is 1. The van der Waals surface area contributed by atoms with Crippen LogP contribution in [0.25, 0.3) is 10.1 Å². The molecule has 2 atom stereocenters. The number of rotatable bonds is 1. The number of benzene rings is 1. The average Bonchev–Trinajstić information content (AvgIpc) is 2.88. The van der Waals surface area contributed by atoms with Gasteiger partial charge in [-0.05, 0) is 57.2 Å². The van der Waals surface area contributed by atoms with E-state index < -0.39 is 11.7 Å². The van der Waals surface area contributed by atoms with Crippen molar-refractivity contribution in [1.29, 1.82) is 0 Å². The zero-order valence-electron chi connectivity index (χ0n) is 14.1. The molecule has 24 heavy (non-hydrogen) atoms. The Balaban J connectivity index is 1.92. The van der Waals surface area contributed by atoms with Gasteiger partial charge in [0.2, 0.25) is 0 Å². The van der Waals surface area contributed by atoms with Crippen LogP contribution in [0.4, 0.5) is 9.18 Å². The molecule has 0 spiro atoms. The standard InChI is InChI=1S/C18H22FNO3S/c1-18(2,3)23-17(22)20-7-6-13(21)10-14(20)16-8-11-4-5-12(19)9-15(11)24-16/h4-5,8-9,13-14,21H,6-7,10H2,1-3H3. The molecule has 1 aromatic carbocycles. The lowest BCUT2D eigenvalue weighted by Crippen LogP contribution is -2.44. The smallest absolute Gasteiger partial charge is 0.410 e. The van der Waals surface area contributed by atoms with E-state index in [4.69, 9.17) is 4.74 Å². The Morgan fingerprint density at radius 2 is 2.12 bits per heavy atom. The van der Waals surface area contributed by atoms with Crippen LogP contribution in [0.3, 0.4) is 0 Å². The van der Waals surface area contributed by atoms with Crippen LogP contribution in [-0.4, -0.2) is 34.3 Å². The Bertz CT molecular complexity index is 752. The molecule has 3 rings (SSSR count). The third kappa shape index (κ3) is 3.70. The topological polar surface area (TPSA) is 49.8 Å². The molecule has 2 heterocycles. The molecule has 1 aliphatic heterocycles. The van der Waals surface area contributed by atoms with E-state index in [2.05, 4.69) is 0 Å². The van der Waals surface area contributed by atoms with Crippen molar-refractivity contribution in [3.05, 3.63) is 35.0 Å². The van der Waals surface area contributed by atoms with E-state index in [9.17, 15) is 14.3 Å². The number of ether oxygens (including phenoxy) is 1. The fraction of sp³-hybridized carbons (Fsp3) is 0.500. The Morgan fingerprint density at radius 1 is 1.38 bits per heavy atom. The molecular formula is C18H22FNO3S. The minimum Gasteiger partial charge on any atom is -0.444 e. The summed E-state index contributed by atoms with van der Waals surface area (Å²) in [6.45, 7) is 5.95. The summed E-state index contributed by atoms with van der Waals surface area (Å²) in [6, 6.07) is 6.39.